The third-order valence-electron chi connectivity index (χ3n) is 3.13. The maximum Gasteiger partial charge on any atom is 0.0218 e. The van der Waals surface area contributed by atoms with Gasteiger partial charge in [-0.1, -0.05) is 53.4 Å². The van der Waals surface area contributed by atoms with Gasteiger partial charge in [-0.15, -0.1) is 0 Å². The Morgan fingerprint density at radius 3 is 1.30 bits per heavy atom. The molecule has 0 fully saturated rings. The lowest BCUT2D eigenvalue weighted by molar-refractivity contribution is 1.24. The minimum absolute atomic E-state index is 1.18. The lowest BCUT2D eigenvalue weighted by Gasteiger charge is -2.11. The number of hydrogen-bond acceptors (Lipinski definition) is 2. The Morgan fingerprint density at radius 2 is 0.950 bits per heavy atom. The smallest absolute Gasteiger partial charge is 0.0218 e. The summed E-state index contributed by atoms with van der Waals surface area (Å²) in [6.45, 7) is 8.58. The fourth-order valence-corrected chi connectivity index (χ4v) is 5.32. The zero-order chi connectivity index (χ0) is 14.9. The Bertz CT molecular complexity index is 594. The molecule has 0 bridgehead atoms. The van der Waals surface area contributed by atoms with Gasteiger partial charge in [0, 0.05) is 18.7 Å². The monoisotopic (exact) mass is 430 g/mol. The second kappa shape index (κ2) is 6.91. The summed E-state index contributed by atoms with van der Waals surface area (Å²) < 4.78 is 2.36. The molecule has 0 atom stereocenters. The first kappa shape index (κ1) is 16.5. The quantitative estimate of drug-likeness (QED) is 0.469. The van der Waals surface area contributed by atoms with Crippen LogP contribution < -0.4 is 0 Å². The Kier molecular flexibility index (Phi) is 5.69. The molecule has 106 valence electrons. The molecule has 0 aliphatic rings. The van der Waals surface area contributed by atoms with E-state index in [4.69, 9.17) is 0 Å². The van der Waals surface area contributed by atoms with Crippen molar-refractivity contribution in [3.63, 3.8) is 0 Å². The van der Waals surface area contributed by atoms with Crippen LogP contribution in [0.2, 0.25) is 0 Å². The largest absolute Gasteiger partial charge is 0.0523 e. The molecule has 0 heterocycles. The fraction of sp³-hybridized carbons (Fsp3) is 0.250. The highest BCUT2D eigenvalue weighted by atomic mass is 79.9. The first-order valence-electron chi connectivity index (χ1n) is 6.26. The van der Waals surface area contributed by atoms with Crippen LogP contribution in [0.15, 0.2) is 43.0 Å². The van der Waals surface area contributed by atoms with Gasteiger partial charge in [0.2, 0.25) is 0 Å². The normalized spacial score (nSPS) is 10.9. The van der Waals surface area contributed by atoms with Gasteiger partial charge in [0.05, 0.1) is 0 Å². The van der Waals surface area contributed by atoms with Crippen LogP contribution in [0, 0.1) is 27.7 Å². The van der Waals surface area contributed by atoms with Crippen molar-refractivity contribution >= 4 is 53.4 Å². The number of hydrogen-bond donors (Lipinski definition) is 0. The van der Waals surface area contributed by atoms with Crippen LogP contribution in [-0.2, 0) is 0 Å². The molecule has 0 spiro atoms. The molecule has 0 saturated carbocycles. The van der Waals surface area contributed by atoms with Crippen molar-refractivity contribution in [1.82, 2.24) is 0 Å². The highest BCUT2D eigenvalue weighted by molar-refractivity contribution is 9.10. The molecular formula is C16H16Br2S2. The van der Waals surface area contributed by atoms with Crippen LogP contribution in [0.1, 0.15) is 22.3 Å². The Morgan fingerprint density at radius 1 is 0.600 bits per heavy atom. The summed E-state index contributed by atoms with van der Waals surface area (Å²) in [7, 11) is 3.66. The molecule has 4 heteroatoms. The second-order valence-electron chi connectivity index (χ2n) is 4.90. The van der Waals surface area contributed by atoms with Gasteiger partial charge in [-0.2, -0.15) is 0 Å². The number of aryl methyl sites for hydroxylation is 4. The van der Waals surface area contributed by atoms with Crippen molar-refractivity contribution in [2.24, 2.45) is 0 Å². The number of rotatable bonds is 3. The predicted molar refractivity (Wildman–Crippen MR) is 98.9 cm³/mol. The average molecular weight is 432 g/mol. The van der Waals surface area contributed by atoms with Crippen LogP contribution in [0.3, 0.4) is 0 Å². The van der Waals surface area contributed by atoms with E-state index in [1.807, 2.05) is 21.6 Å². The van der Waals surface area contributed by atoms with Crippen LogP contribution in [0.25, 0.3) is 0 Å². The van der Waals surface area contributed by atoms with Crippen LogP contribution in [0.4, 0.5) is 0 Å². The van der Waals surface area contributed by atoms with E-state index in [0.717, 1.165) is 0 Å². The maximum absolute atomic E-state index is 3.58. The van der Waals surface area contributed by atoms with E-state index in [0.29, 0.717) is 0 Å². The lowest BCUT2D eigenvalue weighted by Crippen LogP contribution is -1.85. The van der Waals surface area contributed by atoms with Crippen molar-refractivity contribution in [1.29, 1.82) is 0 Å². The van der Waals surface area contributed by atoms with E-state index in [-0.39, 0.29) is 0 Å². The molecule has 0 N–H and O–H groups in total. The van der Waals surface area contributed by atoms with Gasteiger partial charge < -0.3 is 0 Å². The Labute approximate surface area is 145 Å². The van der Waals surface area contributed by atoms with Crippen molar-refractivity contribution in [3.05, 3.63) is 55.5 Å². The standard InChI is InChI=1S/C16H16Br2S2/c1-9-7-15(11(3)5-13(9)17)19-20-16-8-10(2)14(18)6-12(16)4/h5-8H,1-4H3. The van der Waals surface area contributed by atoms with Crippen molar-refractivity contribution in [3.8, 4) is 0 Å². The Balaban J connectivity index is 2.21. The molecular weight excluding hydrogens is 416 g/mol. The summed E-state index contributed by atoms with van der Waals surface area (Å²) in [5.74, 6) is 0. The maximum atomic E-state index is 3.58. The summed E-state index contributed by atoms with van der Waals surface area (Å²) in [5.41, 5.74) is 5.18. The van der Waals surface area contributed by atoms with E-state index < -0.39 is 0 Å². The minimum atomic E-state index is 1.18. The molecule has 0 radical (unpaired) electrons. The van der Waals surface area contributed by atoms with E-state index in [1.54, 1.807) is 0 Å². The third-order valence-corrected chi connectivity index (χ3v) is 7.49. The summed E-state index contributed by atoms with van der Waals surface area (Å²) in [5, 5.41) is 0. The molecule has 2 aromatic carbocycles. The van der Waals surface area contributed by atoms with Gasteiger partial charge in [0.1, 0.15) is 0 Å². The van der Waals surface area contributed by atoms with Gasteiger partial charge in [0.25, 0.3) is 0 Å². The molecule has 2 rings (SSSR count). The van der Waals surface area contributed by atoms with Gasteiger partial charge in [-0.05, 0) is 74.2 Å². The van der Waals surface area contributed by atoms with E-state index in [2.05, 4.69) is 83.8 Å². The van der Waals surface area contributed by atoms with E-state index in [1.165, 1.54) is 41.0 Å². The van der Waals surface area contributed by atoms with Crippen LogP contribution >= 0.6 is 53.4 Å². The predicted octanol–water partition coefficient (Wildman–Crippen LogP) is 7.24. The Hall–Kier alpha value is 0.1000. The number of halogens is 2. The summed E-state index contributed by atoms with van der Waals surface area (Å²) in [6, 6.07) is 8.88. The molecule has 0 aliphatic carbocycles. The van der Waals surface area contributed by atoms with Crippen molar-refractivity contribution in [2.75, 3.05) is 0 Å². The summed E-state index contributed by atoms with van der Waals surface area (Å²) >= 11 is 7.17. The molecule has 0 aliphatic heterocycles. The van der Waals surface area contributed by atoms with Gasteiger partial charge in [-0.25, -0.2) is 0 Å². The first-order chi connectivity index (χ1) is 9.38. The first-order valence-corrected chi connectivity index (χ1v) is 10.00. The van der Waals surface area contributed by atoms with Crippen molar-refractivity contribution in [2.45, 2.75) is 37.5 Å². The molecule has 0 saturated heterocycles. The van der Waals surface area contributed by atoms with Crippen molar-refractivity contribution < 1.29 is 0 Å². The molecule has 0 aromatic heterocycles. The van der Waals surface area contributed by atoms with E-state index >= 15 is 0 Å². The summed E-state index contributed by atoms with van der Waals surface area (Å²) in [6.07, 6.45) is 0. The SMILES string of the molecule is Cc1cc(SSc2cc(C)c(Br)cc2C)c(C)cc1Br. The van der Waals surface area contributed by atoms with Gasteiger partial charge >= 0.3 is 0 Å². The molecule has 20 heavy (non-hydrogen) atoms. The number of benzene rings is 2. The van der Waals surface area contributed by atoms with E-state index in [9.17, 15) is 0 Å². The highest BCUT2D eigenvalue weighted by Gasteiger charge is 2.08. The fourth-order valence-electron chi connectivity index (χ4n) is 1.78. The lowest BCUT2D eigenvalue weighted by atomic mass is 10.2. The second-order valence-corrected chi connectivity index (χ2v) is 8.82. The third kappa shape index (κ3) is 3.85. The summed E-state index contributed by atoms with van der Waals surface area (Å²) in [4.78, 5) is 2.66. The topological polar surface area (TPSA) is 0 Å². The molecule has 0 nitrogen and oxygen atoms in total. The van der Waals surface area contributed by atoms with Gasteiger partial charge in [0.15, 0.2) is 0 Å². The zero-order valence-corrected chi connectivity index (χ0v) is 16.7. The van der Waals surface area contributed by atoms with Crippen LogP contribution in [0.5, 0.6) is 0 Å². The van der Waals surface area contributed by atoms with Gasteiger partial charge in [-0.3, -0.25) is 0 Å². The molecule has 0 unspecified atom stereocenters. The minimum Gasteiger partial charge on any atom is -0.0523 e. The average Bonchev–Trinajstić information content (AvgIpc) is 2.37. The molecule has 0 amide bonds. The highest BCUT2D eigenvalue weighted by Crippen LogP contribution is 2.42. The van der Waals surface area contributed by atoms with Crippen LogP contribution in [-0.4, -0.2) is 0 Å². The zero-order valence-electron chi connectivity index (χ0n) is 11.9. The molecule has 2 aromatic rings.